The molecule has 0 spiro atoms. The van der Waals surface area contributed by atoms with Crippen LogP contribution in [0.2, 0.25) is 18.1 Å². The molecule has 0 unspecified atom stereocenters. The van der Waals surface area contributed by atoms with Crippen molar-refractivity contribution in [3.8, 4) is 11.5 Å². The molecule has 1 aliphatic rings. The van der Waals surface area contributed by atoms with Crippen LogP contribution in [0.15, 0.2) is 18.2 Å². The van der Waals surface area contributed by atoms with E-state index in [0.29, 0.717) is 19.3 Å². The van der Waals surface area contributed by atoms with Gasteiger partial charge in [0.2, 0.25) is 6.79 Å². The highest BCUT2D eigenvalue weighted by atomic mass is 28.4. The quantitative estimate of drug-likeness (QED) is 0.764. The van der Waals surface area contributed by atoms with E-state index in [2.05, 4.69) is 39.9 Å². The largest absolute Gasteiger partial charge is 0.454 e. The Labute approximate surface area is 140 Å². The summed E-state index contributed by atoms with van der Waals surface area (Å²) in [6.07, 6.45) is 1.63. The van der Waals surface area contributed by atoms with Crippen LogP contribution in [-0.2, 0) is 10.8 Å². The lowest BCUT2D eigenvalue weighted by Gasteiger charge is -2.37. The van der Waals surface area contributed by atoms with Crippen LogP contribution in [0.5, 0.6) is 11.5 Å². The van der Waals surface area contributed by atoms with Crippen LogP contribution in [0.25, 0.3) is 0 Å². The van der Waals surface area contributed by atoms with Gasteiger partial charge in [-0.15, -0.1) is 0 Å². The Bertz CT molecular complexity index is 522. The molecule has 1 N–H and O–H groups in total. The van der Waals surface area contributed by atoms with Crippen molar-refractivity contribution in [1.82, 2.24) is 0 Å². The zero-order chi connectivity index (χ0) is 17.1. The SMILES string of the molecule is CC(C)(C)[Si](C)(C)OC[C@H](CCO)Cc1ccc2c(c1)OCO2. The molecule has 1 atom stereocenters. The fourth-order valence-corrected chi connectivity index (χ4v) is 3.46. The fourth-order valence-electron chi connectivity index (χ4n) is 2.37. The standard InChI is InChI=1S/C18H30O4Si/c1-18(2,3)23(4,5)22-12-15(8-9-19)10-14-6-7-16-17(11-14)21-13-20-16/h6-7,11,15,19H,8-10,12-13H2,1-5H3/t15-/m1/s1. The van der Waals surface area contributed by atoms with Gasteiger partial charge >= 0.3 is 0 Å². The molecule has 5 heteroatoms. The third-order valence-electron chi connectivity index (χ3n) is 4.98. The van der Waals surface area contributed by atoms with E-state index < -0.39 is 8.32 Å². The molecule has 0 aliphatic carbocycles. The van der Waals surface area contributed by atoms with Gasteiger partial charge in [0, 0.05) is 13.2 Å². The second-order valence-corrected chi connectivity index (χ2v) is 12.7. The maximum atomic E-state index is 9.37. The molecule has 0 saturated carbocycles. The Morgan fingerprint density at radius 2 is 1.91 bits per heavy atom. The highest BCUT2D eigenvalue weighted by molar-refractivity contribution is 6.74. The number of rotatable bonds is 7. The number of benzene rings is 1. The summed E-state index contributed by atoms with van der Waals surface area (Å²) >= 11 is 0. The van der Waals surface area contributed by atoms with Crippen molar-refractivity contribution in [1.29, 1.82) is 0 Å². The van der Waals surface area contributed by atoms with Gasteiger partial charge in [-0.1, -0.05) is 26.8 Å². The molecule has 0 saturated heterocycles. The molecule has 1 heterocycles. The van der Waals surface area contributed by atoms with E-state index >= 15 is 0 Å². The van der Waals surface area contributed by atoms with Gasteiger partial charge in [0.15, 0.2) is 19.8 Å². The van der Waals surface area contributed by atoms with E-state index in [-0.39, 0.29) is 11.6 Å². The van der Waals surface area contributed by atoms with Gasteiger partial charge in [0.05, 0.1) is 0 Å². The van der Waals surface area contributed by atoms with Crippen LogP contribution in [0.3, 0.4) is 0 Å². The molecule has 2 rings (SSSR count). The molecular weight excluding hydrogens is 308 g/mol. The van der Waals surface area contributed by atoms with E-state index in [0.717, 1.165) is 24.3 Å². The summed E-state index contributed by atoms with van der Waals surface area (Å²) in [5.74, 6) is 1.94. The number of aliphatic hydroxyl groups excluding tert-OH is 1. The predicted octanol–water partition coefficient (Wildman–Crippen LogP) is 3.98. The Hall–Kier alpha value is -1.04. The Morgan fingerprint density at radius 1 is 1.22 bits per heavy atom. The average molecular weight is 339 g/mol. The summed E-state index contributed by atoms with van der Waals surface area (Å²) in [6.45, 7) is 12.5. The van der Waals surface area contributed by atoms with Crippen molar-refractivity contribution < 1.29 is 19.0 Å². The smallest absolute Gasteiger partial charge is 0.231 e. The average Bonchev–Trinajstić information content (AvgIpc) is 2.91. The Balaban J connectivity index is 1.99. The third-order valence-corrected chi connectivity index (χ3v) is 9.49. The van der Waals surface area contributed by atoms with E-state index in [4.69, 9.17) is 13.9 Å². The second kappa shape index (κ2) is 7.24. The minimum absolute atomic E-state index is 0.191. The summed E-state index contributed by atoms with van der Waals surface area (Å²) in [5, 5.41) is 9.57. The summed E-state index contributed by atoms with van der Waals surface area (Å²) in [7, 11) is -1.76. The lowest BCUT2D eigenvalue weighted by molar-refractivity contribution is 0.173. The molecule has 0 radical (unpaired) electrons. The van der Waals surface area contributed by atoms with Crippen molar-refractivity contribution in [3.05, 3.63) is 23.8 Å². The van der Waals surface area contributed by atoms with Crippen molar-refractivity contribution in [2.24, 2.45) is 5.92 Å². The minimum Gasteiger partial charge on any atom is -0.454 e. The maximum absolute atomic E-state index is 9.37. The first-order valence-electron chi connectivity index (χ1n) is 8.36. The Kier molecular flexibility index (Phi) is 5.76. The van der Waals surface area contributed by atoms with Gasteiger partial charge in [-0.2, -0.15) is 0 Å². The highest BCUT2D eigenvalue weighted by Gasteiger charge is 2.37. The summed E-state index contributed by atoms with van der Waals surface area (Å²) < 4.78 is 17.1. The maximum Gasteiger partial charge on any atom is 0.231 e. The van der Waals surface area contributed by atoms with Crippen LogP contribution >= 0.6 is 0 Å². The highest BCUT2D eigenvalue weighted by Crippen LogP contribution is 2.37. The molecule has 0 amide bonds. The van der Waals surface area contributed by atoms with E-state index in [1.807, 2.05) is 12.1 Å². The topological polar surface area (TPSA) is 47.9 Å². The molecule has 1 aromatic carbocycles. The first kappa shape index (κ1) is 18.3. The fraction of sp³-hybridized carbons (Fsp3) is 0.667. The molecule has 130 valence electrons. The molecule has 0 bridgehead atoms. The molecule has 4 nitrogen and oxygen atoms in total. The second-order valence-electron chi connectivity index (χ2n) is 7.84. The molecule has 23 heavy (non-hydrogen) atoms. The molecule has 1 aromatic rings. The van der Waals surface area contributed by atoms with Crippen LogP contribution in [0, 0.1) is 5.92 Å². The number of fused-ring (bicyclic) bond motifs is 1. The van der Waals surface area contributed by atoms with E-state index in [9.17, 15) is 5.11 Å². The van der Waals surface area contributed by atoms with Crippen molar-refractivity contribution in [3.63, 3.8) is 0 Å². The Morgan fingerprint density at radius 3 is 2.57 bits per heavy atom. The van der Waals surface area contributed by atoms with E-state index in [1.54, 1.807) is 0 Å². The van der Waals surface area contributed by atoms with Gasteiger partial charge in [0.25, 0.3) is 0 Å². The van der Waals surface area contributed by atoms with Gasteiger partial charge in [-0.05, 0) is 54.6 Å². The van der Waals surface area contributed by atoms with Crippen LogP contribution < -0.4 is 9.47 Å². The zero-order valence-electron chi connectivity index (χ0n) is 15.0. The normalized spacial score (nSPS) is 15.7. The lowest BCUT2D eigenvalue weighted by atomic mass is 9.97. The van der Waals surface area contributed by atoms with Gasteiger partial charge in [-0.3, -0.25) is 0 Å². The number of aliphatic hydroxyl groups is 1. The zero-order valence-corrected chi connectivity index (χ0v) is 16.0. The van der Waals surface area contributed by atoms with Crippen LogP contribution in [0.1, 0.15) is 32.8 Å². The summed E-state index contributed by atoms with van der Waals surface area (Å²) in [4.78, 5) is 0. The monoisotopic (exact) mass is 338 g/mol. The summed E-state index contributed by atoms with van der Waals surface area (Å²) in [6, 6.07) is 6.08. The number of ether oxygens (including phenoxy) is 2. The van der Waals surface area contributed by atoms with Gasteiger partial charge in [0.1, 0.15) is 0 Å². The lowest BCUT2D eigenvalue weighted by Crippen LogP contribution is -2.42. The van der Waals surface area contributed by atoms with Gasteiger partial charge in [-0.25, -0.2) is 0 Å². The van der Waals surface area contributed by atoms with Crippen molar-refractivity contribution in [2.45, 2.75) is 51.7 Å². The molecule has 0 fully saturated rings. The first-order valence-corrected chi connectivity index (χ1v) is 11.3. The summed E-state index contributed by atoms with van der Waals surface area (Å²) in [5.41, 5.74) is 1.20. The van der Waals surface area contributed by atoms with Crippen molar-refractivity contribution in [2.75, 3.05) is 20.0 Å². The molecule has 1 aliphatic heterocycles. The van der Waals surface area contributed by atoms with Crippen LogP contribution in [-0.4, -0.2) is 33.4 Å². The third kappa shape index (κ3) is 4.72. The van der Waals surface area contributed by atoms with Gasteiger partial charge < -0.3 is 19.0 Å². The first-order chi connectivity index (χ1) is 10.7. The number of hydrogen-bond acceptors (Lipinski definition) is 4. The van der Waals surface area contributed by atoms with E-state index in [1.165, 1.54) is 5.56 Å². The van der Waals surface area contributed by atoms with Crippen molar-refractivity contribution >= 4 is 8.32 Å². The molecular formula is C18H30O4Si. The van der Waals surface area contributed by atoms with Crippen LogP contribution in [0.4, 0.5) is 0 Å². The minimum atomic E-state index is -1.76. The number of hydrogen-bond donors (Lipinski definition) is 1. The molecule has 0 aromatic heterocycles. The predicted molar refractivity (Wildman–Crippen MR) is 94.6 cm³/mol.